The van der Waals surface area contributed by atoms with Crippen LogP contribution in [0.3, 0.4) is 0 Å². The third-order valence-corrected chi connectivity index (χ3v) is 3.67. The van der Waals surface area contributed by atoms with Crippen molar-refractivity contribution in [3.05, 3.63) is 34.9 Å². The first-order valence-corrected chi connectivity index (χ1v) is 7.28. The highest BCUT2D eigenvalue weighted by Gasteiger charge is 2.15. The monoisotopic (exact) mass is 282 g/mol. The lowest BCUT2D eigenvalue weighted by molar-refractivity contribution is 0.193. The lowest BCUT2D eigenvalue weighted by Crippen LogP contribution is -2.44. The molecular formula is C15H23ClN2O. The molecule has 0 aliphatic rings. The van der Waals surface area contributed by atoms with Crippen LogP contribution in [0.25, 0.3) is 0 Å². The average molecular weight is 283 g/mol. The van der Waals surface area contributed by atoms with E-state index in [0.29, 0.717) is 18.1 Å². The Morgan fingerprint density at radius 1 is 1.26 bits per heavy atom. The molecule has 0 unspecified atom stereocenters. The summed E-state index contributed by atoms with van der Waals surface area (Å²) < 4.78 is 0. The molecule has 0 radical (unpaired) electrons. The Bertz CT molecular complexity index is 405. The lowest BCUT2D eigenvalue weighted by Gasteiger charge is -2.25. The van der Waals surface area contributed by atoms with E-state index in [-0.39, 0.29) is 12.1 Å². The van der Waals surface area contributed by atoms with E-state index in [1.807, 2.05) is 31.2 Å². The molecule has 2 amide bonds. The van der Waals surface area contributed by atoms with Crippen molar-refractivity contribution in [2.24, 2.45) is 0 Å². The third kappa shape index (κ3) is 4.75. The van der Waals surface area contributed by atoms with Crippen LogP contribution in [0.1, 0.15) is 39.2 Å². The molecule has 0 fully saturated rings. The van der Waals surface area contributed by atoms with Crippen molar-refractivity contribution in [2.75, 3.05) is 6.54 Å². The molecule has 0 bridgehead atoms. The average Bonchev–Trinajstić information content (AvgIpc) is 2.43. The number of carbonyl (C=O) groups excluding carboxylic acids is 1. The summed E-state index contributed by atoms with van der Waals surface area (Å²) in [6.45, 7) is 7.35. The summed E-state index contributed by atoms with van der Waals surface area (Å²) in [6, 6.07) is 7.86. The largest absolute Gasteiger partial charge is 0.335 e. The van der Waals surface area contributed by atoms with Gasteiger partial charge in [-0.05, 0) is 31.4 Å². The van der Waals surface area contributed by atoms with E-state index in [0.717, 1.165) is 18.4 Å². The molecule has 1 rings (SSSR count). The van der Waals surface area contributed by atoms with Crippen molar-refractivity contribution in [3.63, 3.8) is 0 Å². The molecule has 0 spiro atoms. The number of hydrogen-bond acceptors (Lipinski definition) is 1. The van der Waals surface area contributed by atoms with Gasteiger partial charge >= 0.3 is 6.03 Å². The van der Waals surface area contributed by atoms with Crippen LogP contribution in [0.2, 0.25) is 5.02 Å². The van der Waals surface area contributed by atoms with Gasteiger partial charge in [0.2, 0.25) is 0 Å². The SMILES string of the molecule is CCC(CC)NC(=O)N(CC)Cc1ccccc1Cl. The molecule has 19 heavy (non-hydrogen) atoms. The summed E-state index contributed by atoms with van der Waals surface area (Å²) in [5.74, 6) is 0. The van der Waals surface area contributed by atoms with E-state index in [9.17, 15) is 4.79 Å². The third-order valence-electron chi connectivity index (χ3n) is 3.30. The van der Waals surface area contributed by atoms with Gasteiger partial charge in [-0.2, -0.15) is 0 Å². The highest BCUT2D eigenvalue weighted by molar-refractivity contribution is 6.31. The lowest BCUT2D eigenvalue weighted by atomic mass is 10.2. The van der Waals surface area contributed by atoms with Crippen molar-refractivity contribution in [2.45, 2.75) is 46.2 Å². The quantitative estimate of drug-likeness (QED) is 0.838. The second-order valence-corrected chi connectivity index (χ2v) is 4.98. The molecule has 106 valence electrons. The van der Waals surface area contributed by atoms with Gasteiger partial charge in [0.1, 0.15) is 0 Å². The van der Waals surface area contributed by atoms with Crippen molar-refractivity contribution < 1.29 is 4.79 Å². The molecule has 0 atom stereocenters. The van der Waals surface area contributed by atoms with E-state index in [1.165, 1.54) is 0 Å². The van der Waals surface area contributed by atoms with E-state index in [2.05, 4.69) is 19.2 Å². The number of nitrogens with zero attached hydrogens (tertiary/aromatic N) is 1. The Morgan fingerprint density at radius 2 is 1.89 bits per heavy atom. The van der Waals surface area contributed by atoms with Crippen LogP contribution in [0.5, 0.6) is 0 Å². The number of rotatable bonds is 6. The fraction of sp³-hybridized carbons (Fsp3) is 0.533. The first-order chi connectivity index (χ1) is 9.12. The number of hydrogen-bond donors (Lipinski definition) is 1. The van der Waals surface area contributed by atoms with Crippen LogP contribution in [0, 0.1) is 0 Å². The zero-order valence-corrected chi connectivity index (χ0v) is 12.7. The van der Waals surface area contributed by atoms with Gasteiger partial charge in [-0.1, -0.05) is 43.6 Å². The number of benzene rings is 1. The smallest absolute Gasteiger partial charge is 0.317 e. The standard InChI is InChI=1S/C15H23ClN2O/c1-4-13(5-2)17-15(19)18(6-3)11-12-9-7-8-10-14(12)16/h7-10,13H,4-6,11H2,1-3H3,(H,17,19). The van der Waals surface area contributed by atoms with Crippen molar-refractivity contribution >= 4 is 17.6 Å². The number of amides is 2. The predicted octanol–water partition coefficient (Wildman–Crippen LogP) is 4.06. The summed E-state index contributed by atoms with van der Waals surface area (Å²) in [5.41, 5.74) is 0.978. The number of halogens is 1. The minimum atomic E-state index is -0.0175. The Balaban J connectivity index is 2.68. The van der Waals surface area contributed by atoms with Crippen LogP contribution < -0.4 is 5.32 Å². The molecule has 1 aromatic rings. The van der Waals surface area contributed by atoms with Crippen molar-refractivity contribution in [3.8, 4) is 0 Å². The molecule has 0 aliphatic carbocycles. The van der Waals surface area contributed by atoms with Gasteiger partial charge in [-0.15, -0.1) is 0 Å². The zero-order chi connectivity index (χ0) is 14.3. The Labute approximate surface area is 120 Å². The van der Waals surface area contributed by atoms with E-state index in [4.69, 9.17) is 11.6 Å². The van der Waals surface area contributed by atoms with Crippen LogP contribution in [-0.4, -0.2) is 23.5 Å². The molecule has 0 heterocycles. The highest BCUT2D eigenvalue weighted by Crippen LogP contribution is 2.17. The van der Waals surface area contributed by atoms with Gasteiger partial charge in [0.25, 0.3) is 0 Å². The minimum Gasteiger partial charge on any atom is -0.335 e. The molecule has 1 aromatic carbocycles. The van der Waals surface area contributed by atoms with Gasteiger partial charge in [0, 0.05) is 24.2 Å². The molecule has 0 aliphatic heterocycles. The van der Waals surface area contributed by atoms with Crippen molar-refractivity contribution in [1.82, 2.24) is 10.2 Å². The molecule has 0 aromatic heterocycles. The maximum Gasteiger partial charge on any atom is 0.317 e. The zero-order valence-electron chi connectivity index (χ0n) is 11.9. The van der Waals surface area contributed by atoms with Crippen LogP contribution in [0.15, 0.2) is 24.3 Å². The molecule has 4 heteroatoms. The predicted molar refractivity (Wildman–Crippen MR) is 80.4 cm³/mol. The number of urea groups is 1. The molecule has 1 N–H and O–H groups in total. The molecule has 3 nitrogen and oxygen atoms in total. The summed E-state index contributed by atoms with van der Waals surface area (Å²) in [4.78, 5) is 14.0. The Hall–Kier alpha value is -1.22. The number of nitrogens with one attached hydrogen (secondary N) is 1. The van der Waals surface area contributed by atoms with Gasteiger partial charge in [0.15, 0.2) is 0 Å². The molecule has 0 saturated carbocycles. The van der Waals surface area contributed by atoms with E-state index in [1.54, 1.807) is 4.90 Å². The Morgan fingerprint density at radius 3 is 2.42 bits per heavy atom. The van der Waals surface area contributed by atoms with Crippen LogP contribution in [-0.2, 0) is 6.54 Å². The van der Waals surface area contributed by atoms with Crippen molar-refractivity contribution in [1.29, 1.82) is 0 Å². The van der Waals surface area contributed by atoms with E-state index >= 15 is 0 Å². The van der Waals surface area contributed by atoms with Gasteiger partial charge in [-0.3, -0.25) is 0 Å². The van der Waals surface area contributed by atoms with Gasteiger partial charge in [0.05, 0.1) is 0 Å². The fourth-order valence-corrected chi connectivity index (χ4v) is 2.11. The summed E-state index contributed by atoms with van der Waals surface area (Å²) in [5, 5.41) is 3.76. The summed E-state index contributed by atoms with van der Waals surface area (Å²) >= 11 is 6.13. The maximum absolute atomic E-state index is 12.2. The first kappa shape index (κ1) is 15.8. The first-order valence-electron chi connectivity index (χ1n) is 6.91. The summed E-state index contributed by atoms with van der Waals surface area (Å²) in [7, 11) is 0. The van der Waals surface area contributed by atoms with Gasteiger partial charge < -0.3 is 10.2 Å². The second-order valence-electron chi connectivity index (χ2n) is 4.57. The highest BCUT2D eigenvalue weighted by atomic mass is 35.5. The van der Waals surface area contributed by atoms with Gasteiger partial charge in [-0.25, -0.2) is 4.79 Å². The van der Waals surface area contributed by atoms with Crippen LogP contribution >= 0.6 is 11.6 Å². The fourth-order valence-electron chi connectivity index (χ4n) is 1.92. The number of carbonyl (C=O) groups is 1. The second kappa shape index (κ2) is 8.05. The van der Waals surface area contributed by atoms with E-state index < -0.39 is 0 Å². The topological polar surface area (TPSA) is 32.3 Å². The normalized spacial score (nSPS) is 10.6. The molecule has 0 saturated heterocycles. The summed E-state index contributed by atoms with van der Waals surface area (Å²) in [6.07, 6.45) is 1.90. The maximum atomic E-state index is 12.2. The minimum absolute atomic E-state index is 0.0175. The van der Waals surface area contributed by atoms with Crippen LogP contribution in [0.4, 0.5) is 4.79 Å². The Kier molecular flexibility index (Phi) is 6.71. The molecular weight excluding hydrogens is 260 g/mol.